The lowest BCUT2D eigenvalue weighted by molar-refractivity contribution is -0.0273. The summed E-state index contributed by atoms with van der Waals surface area (Å²) in [5, 5.41) is 0. The Morgan fingerprint density at radius 2 is 1.59 bits per heavy atom. The van der Waals surface area contributed by atoms with Gasteiger partial charge < -0.3 is 9.64 Å². The van der Waals surface area contributed by atoms with Crippen LogP contribution in [0.5, 0.6) is 5.75 Å². The third-order valence-electron chi connectivity index (χ3n) is 4.86. The molecule has 2 aromatic carbocycles. The number of rotatable bonds is 4. The number of nitrogens with zero attached hydrogens (tertiary/aromatic N) is 2. The van der Waals surface area contributed by atoms with Crippen LogP contribution in [0.25, 0.3) is 0 Å². The van der Waals surface area contributed by atoms with Gasteiger partial charge in [0.25, 0.3) is 0 Å². The molecule has 2 aliphatic heterocycles. The van der Waals surface area contributed by atoms with E-state index in [0.29, 0.717) is 5.41 Å². The second-order valence-electron chi connectivity index (χ2n) is 6.68. The highest BCUT2D eigenvalue weighted by Gasteiger charge is 2.51. The highest BCUT2D eigenvalue weighted by Crippen LogP contribution is 2.42. The number of hydrogen-bond acceptors (Lipinski definition) is 3. The van der Waals surface area contributed by atoms with Crippen molar-refractivity contribution in [3.63, 3.8) is 0 Å². The van der Waals surface area contributed by atoms with Crippen LogP contribution in [0.4, 0.5) is 5.69 Å². The quantitative estimate of drug-likeness (QED) is 0.862. The number of likely N-dealkylation sites (tertiary alicyclic amines) is 1. The third kappa shape index (κ3) is 2.46. The first kappa shape index (κ1) is 13.6. The minimum Gasteiger partial charge on any atom is -0.497 e. The second kappa shape index (κ2) is 5.33. The maximum absolute atomic E-state index is 5.22. The van der Waals surface area contributed by atoms with E-state index in [0.717, 1.165) is 12.3 Å². The first-order chi connectivity index (χ1) is 10.8. The minimum atomic E-state index is 0.536. The van der Waals surface area contributed by atoms with E-state index in [2.05, 4.69) is 52.3 Å². The van der Waals surface area contributed by atoms with Crippen LogP contribution in [0.3, 0.4) is 0 Å². The first-order valence-corrected chi connectivity index (χ1v) is 7.92. The van der Waals surface area contributed by atoms with Crippen molar-refractivity contribution in [2.24, 2.45) is 5.41 Å². The Morgan fingerprint density at radius 3 is 2.23 bits per heavy atom. The Bertz CT molecular complexity index is 624. The number of benzene rings is 2. The zero-order valence-corrected chi connectivity index (χ0v) is 13.0. The third-order valence-corrected chi connectivity index (χ3v) is 4.86. The Hall–Kier alpha value is -2.00. The van der Waals surface area contributed by atoms with Gasteiger partial charge in [-0.2, -0.15) is 0 Å². The average Bonchev–Trinajstić information content (AvgIpc) is 2.49. The Morgan fingerprint density at radius 1 is 0.909 bits per heavy atom. The summed E-state index contributed by atoms with van der Waals surface area (Å²) in [6.45, 7) is 5.92. The lowest BCUT2D eigenvalue weighted by atomic mass is 9.72. The van der Waals surface area contributed by atoms with Gasteiger partial charge in [0.15, 0.2) is 0 Å². The Balaban J connectivity index is 1.29. The van der Waals surface area contributed by atoms with Crippen molar-refractivity contribution in [1.29, 1.82) is 0 Å². The van der Waals surface area contributed by atoms with Crippen LogP contribution < -0.4 is 9.64 Å². The highest BCUT2D eigenvalue weighted by molar-refractivity contribution is 5.52. The molecular formula is C19H22N2O. The van der Waals surface area contributed by atoms with Gasteiger partial charge in [0, 0.05) is 43.8 Å². The fourth-order valence-corrected chi connectivity index (χ4v) is 3.79. The zero-order valence-electron chi connectivity index (χ0n) is 13.0. The summed E-state index contributed by atoms with van der Waals surface area (Å²) < 4.78 is 5.22. The topological polar surface area (TPSA) is 15.7 Å². The van der Waals surface area contributed by atoms with E-state index in [1.807, 2.05) is 12.1 Å². The molecule has 0 unspecified atom stereocenters. The molecule has 2 fully saturated rings. The number of methoxy groups -OCH3 is 1. The molecule has 0 bridgehead atoms. The molecule has 3 nitrogen and oxygen atoms in total. The van der Waals surface area contributed by atoms with Gasteiger partial charge in [-0.3, -0.25) is 4.90 Å². The average molecular weight is 294 g/mol. The van der Waals surface area contributed by atoms with Crippen molar-refractivity contribution in [3.8, 4) is 5.75 Å². The van der Waals surface area contributed by atoms with Crippen molar-refractivity contribution in [1.82, 2.24) is 4.90 Å². The van der Waals surface area contributed by atoms with Gasteiger partial charge in [0.05, 0.1) is 7.11 Å². The van der Waals surface area contributed by atoms with Gasteiger partial charge in [-0.25, -0.2) is 0 Å². The van der Waals surface area contributed by atoms with Gasteiger partial charge in [-0.05, 0) is 29.8 Å². The lowest BCUT2D eigenvalue weighted by Crippen LogP contribution is -2.71. The molecule has 2 heterocycles. The molecule has 2 saturated heterocycles. The molecule has 0 saturated carbocycles. The smallest absolute Gasteiger partial charge is 0.119 e. The summed E-state index contributed by atoms with van der Waals surface area (Å²) in [7, 11) is 1.71. The van der Waals surface area contributed by atoms with Crippen molar-refractivity contribution in [3.05, 3.63) is 60.2 Å². The van der Waals surface area contributed by atoms with Gasteiger partial charge in [0.2, 0.25) is 0 Å². The summed E-state index contributed by atoms with van der Waals surface area (Å²) >= 11 is 0. The Kier molecular flexibility index (Phi) is 3.30. The molecule has 0 amide bonds. The maximum Gasteiger partial charge on any atom is 0.119 e. The van der Waals surface area contributed by atoms with E-state index in [9.17, 15) is 0 Å². The van der Waals surface area contributed by atoms with Crippen LogP contribution in [0, 0.1) is 5.41 Å². The monoisotopic (exact) mass is 294 g/mol. The molecular weight excluding hydrogens is 272 g/mol. The molecule has 0 atom stereocenters. The molecule has 2 aliphatic rings. The van der Waals surface area contributed by atoms with E-state index in [4.69, 9.17) is 4.74 Å². The second-order valence-corrected chi connectivity index (χ2v) is 6.68. The molecule has 2 aromatic rings. The van der Waals surface area contributed by atoms with E-state index in [-0.39, 0.29) is 0 Å². The SMILES string of the molecule is COc1ccc(N2CC3(CN(Cc4ccccc4)C3)C2)cc1. The summed E-state index contributed by atoms with van der Waals surface area (Å²) in [4.78, 5) is 5.03. The normalized spacial score (nSPS) is 19.6. The summed E-state index contributed by atoms with van der Waals surface area (Å²) in [6, 6.07) is 19.2. The molecule has 114 valence electrons. The van der Waals surface area contributed by atoms with Gasteiger partial charge >= 0.3 is 0 Å². The van der Waals surface area contributed by atoms with Crippen molar-refractivity contribution < 1.29 is 4.74 Å². The molecule has 4 rings (SSSR count). The lowest BCUT2D eigenvalue weighted by Gasteiger charge is -2.61. The number of ether oxygens (including phenoxy) is 1. The van der Waals surface area contributed by atoms with E-state index < -0.39 is 0 Å². The minimum absolute atomic E-state index is 0.536. The summed E-state index contributed by atoms with van der Waals surface area (Å²) in [5.74, 6) is 0.927. The van der Waals surface area contributed by atoms with Crippen molar-refractivity contribution in [2.45, 2.75) is 6.54 Å². The molecule has 22 heavy (non-hydrogen) atoms. The predicted molar refractivity (Wildman–Crippen MR) is 89.4 cm³/mol. The largest absolute Gasteiger partial charge is 0.497 e. The maximum atomic E-state index is 5.22. The van der Waals surface area contributed by atoms with Crippen LogP contribution in [0.2, 0.25) is 0 Å². The van der Waals surface area contributed by atoms with E-state index >= 15 is 0 Å². The number of hydrogen-bond donors (Lipinski definition) is 0. The zero-order chi connectivity index (χ0) is 15.0. The standard InChI is InChI=1S/C19H22N2O/c1-22-18-9-7-17(8-10-18)21-14-19(15-21)12-20(13-19)11-16-5-3-2-4-6-16/h2-10H,11-15H2,1H3. The van der Waals surface area contributed by atoms with Crippen molar-refractivity contribution >= 4 is 5.69 Å². The van der Waals surface area contributed by atoms with E-state index in [1.165, 1.54) is 37.4 Å². The van der Waals surface area contributed by atoms with Gasteiger partial charge in [-0.15, -0.1) is 0 Å². The van der Waals surface area contributed by atoms with Crippen LogP contribution in [-0.2, 0) is 6.54 Å². The molecule has 1 spiro atoms. The molecule has 0 N–H and O–H groups in total. The van der Waals surface area contributed by atoms with E-state index in [1.54, 1.807) is 7.11 Å². The van der Waals surface area contributed by atoms with Gasteiger partial charge in [0.1, 0.15) is 5.75 Å². The van der Waals surface area contributed by atoms with Gasteiger partial charge in [-0.1, -0.05) is 30.3 Å². The van der Waals surface area contributed by atoms with Crippen LogP contribution in [-0.4, -0.2) is 38.2 Å². The first-order valence-electron chi connectivity index (χ1n) is 7.92. The van der Waals surface area contributed by atoms with Crippen molar-refractivity contribution in [2.75, 3.05) is 38.2 Å². The Labute approximate surface area is 132 Å². The predicted octanol–water partition coefficient (Wildman–Crippen LogP) is 3.02. The van der Waals surface area contributed by atoms with Crippen LogP contribution in [0.1, 0.15) is 5.56 Å². The molecule has 3 heteroatoms. The highest BCUT2D eigenvalue weighted by atomic mass is 16.5. The molecule has 0 aromatic heterocycles. The number of anilines is 1. The van der Waals surface area contributed by atoms with Crippen LogP contribution >= 0.6 is 0 Å². The molecule has 0 aliphatic carbocycles. The summed E-state index contributed by atoms with van der Waals surface area (Å²) in [5.41, 5.74) is 3.27. The fraction of sp³-hybridized carbons (Fsp3) is 0.368. The fourth-order valence-electron chi connectivity index (χ4n) is 3.79. The molecule has 0 radical (unpaired) electrons. The summed E-state index contributed by atoms with van der Waals surface area (Å²) in [6.07, 6.45) is 0. The van der Waals surface area contributed by atoms with Crippen LogP contribution in [0.15, 0.2) is 54.6 Å².